The van der Waals surface area contributed by atoms with Gasteiger partial charge in [0.2, 0.25) is 0 Å². The van der Waals surface area contributed by atoms with Gasteiger partial charge in [-0.1, -0.05) is 0 Å². The van der Waals surface area contributed by atoms with Crippen molar-refractivity contribution < 1.29 is 14.0 Å². The molecule has 0 N–H and O–H groups in total. The summed E-state index contributed by atoms with van der Waals surface area (Å²) in [5.74, 6) is -0.524. The van der Waals surface area contributed by atoms with Gasteiger partial charge in [-0.2, -0.15) is 0 Å². The molecule has 0 rings (SSSR count). The van der Waals surface area contributed by atoms with Crippen LogP contribution in [0.5, 0.6) is 0 Å². The van der Waals surface area contributed by atoms with Gasteiger partial charge < -0.3 is 9.47 Å². The molecular weight excluding hydrogens is 154 g/mol. The Morgan fingerprint density at radius 2 is 1.33 bits per heavy atom. The molecule has 3 heteroatoms. The van der Waals surface area contributed by atoms with Gasteiger partial charge in [-0.3, -0.25) is 4.48 Å². The molecule has 0 radical (unpaired) electrons. The largest absolute Gasteiger partial charge is 0.315 e. The lowest BCUT2D eigenvalue weighted by molar-refractivity contribution is -0.978. The Kier molecular flexibility index (Phi) is 4.17. The zero-order chi connectivity index (χ0) is 9.83. The Bertz CT molecular complexity index is 123. The summed E-state index contributed by atoms with van der Waals surface area (Å²) in [7, 11) is 6.18. The van der Waals surface area contributed by atoms with Crippen LogP contribution in [0.25, 0.3) is 0 Å². The van der Waals surface area contributed by atoms with Crippen LogP contribution in [0.1, 0.15) is 20.8 Å². The van der Waals surface area contributed by atoms with Crippen LogP contribution in [0.4, 0.5) is 0 Å². The summed E-state index contributed by atoms with van der Waals surface area (Å²) in [6, 6.07) is 0. The molecule has 0 aliphatic carbocycles. The normalized spacial score (nSPS) is 13.5. The fraction of sp³-hybridized carbons (Fsp3) is 1.00. The molecule has 0 aliphatic rings. The summed E-state index contributed by atoms with van der Waals surface area (Å²) in [6.07, 6.45) is 0. The molecule has 0 atom stereocenters. The lowest BCUT2D eigenvalue weighted by atomic mass is 10.4. The lowest BCUT2D eigenvalue weighted by Crippen LogP contribution is -2.58. The number of rotatable bonds is 5. The van der Waals surface area contributed by atoms with Crippen LogP contribution in [0.15, 0.2) is 0 Å². The van der Waals surface area contributed by atoms with Crippen molar-refractivity contribution in [1.82, 2.24) is 0 Å². The molecule has 0 aromatic carbocycles. The van der Waals surface area contributed by atoms with Crippen molar-refractivity contribution in [2.75, 3.05) is 34.4 Å². The summed E-state index contributed by atoms with van der Waals surface area (Å²) in [5, 5.41) is 0. The third-order valence-corrected chi connectivity index (χ3v) is 2.04. The van der Waals surface area contributed by atoms with Gasteiger partial charge in [-0.05, 0) is 13.8 Å². The highest BCUT2D eigenvalue weighted by atomic mass is 16.7. The average Bonchev–Trinajstić information content (AvgIpc) is 1.86. The highest BCUT2D eigenvalue weighted by molar-refractivity contribution is 4.46. The first-order chi connectivity index (χ1) is 5.37. The Balaban J connectivity index is 4.38. The fourth-order valence-corrected chi connectivity index (χ4v) is 0.965. The van der Waals surface area contributed by atoms with E-state index in [9.17, 15) is 0 Å². The quantitative estimate of drug-likeness (QED) is 0.466. The lowest BCUT2D eigenvalue weighted by Gasteiger charge is -2.41. The summed E-state index contributed by atoms with van der Waals surface area (Å²) >= 11 is 0. The highest BCUT2D eigenvalue weighted by Gasteiger charge is 2.39. The molecule has 0 amide bonds. The number of quaternary nitrogens is 1. The molecule has 3 nitrogen and oxygen atoms in total. The maximum absolute atomic E-state index is 5.58. The second-order valence-corrected chi connectivity index (χ2v) is 3.78. The van der Waals surface area contributed by atoms with Crippen molar-refractivity contribution in [3.05, 3.63) is 0 Å². The van der Waals surface area contributed by atoms with Crippen LogP contribution in [0.2, 0.25) is 0 Å². The van der Waals surface area contributed by atoms with E-state index in [1.54, 1.807) is 0 Å². The second kappa shape index (κ2) is 4.21. The van der Waals surface area contributed by atoms with Gasteiger partial charge in [0.05, 0.1) is 34.4 Å². The number of nitrogens with zero attached hydrogens (tertiary/aromatic N) is 1. The second-order valence-electron chi connectivity index (χ2n) is 3.78. The molecule has 0 aromatic rings. The van der Waals surface area contributed by atoms with E-state index in [1.165, 1.54) is 0 Å². The standard InChI is InChI=1S/C9H22NO2/c1-7-11-9(3,12-8-2)10(4,5)6/h7-8H2,1-6H3/q+1. The zero-order valence-corrected chi connectivity index (χ0v) is 9.18. The summed E-state index contributed by atoms with van der Waals surface area (Å²) < 4.78 is 11.8. The third-order valence-electron chi connectivity index (χ3n) is 2.04. The van der Waals surface area contributed by atoms with Crippen LogP contribution < -0.4 is 0 Å². The molecule has 74 valence electrons. The highest BCUT2D eigenvalue weighted by Crippen LogP contribution is 2.21. The first-order valence-electron chi connectivity index (χ1n) is 4.47. The Morgan fingerprint density at radius 1 is 1.00 bits per heavy atom. The summed E-state index contributed by atoms with van der Waals surface area (Å²) in [5.41, 5.74) is 0. The van der Waals surface area contributed by atoms with Crippen LogP contribution in [0.3, 0.4) is 0 Å². The first-order valence-corrected chi connectivity index (χ1v) is 4.47. The molecule has 0 aliphatic heterocycles. The first kappa shape index (κ1) is 11.9. The molecule has 0 aromatic heterocycles. The van der Waals surface area contributed by atoms with Crippen LogP contribution >= 0.6 is 0 Å². The van der Waals surface area contributed by atoms with Crippen molar-refractivity contribution in [2.24, 2.45) is 0 Å². The van der Waals surface area contributed by atoms with Crippen molar-refractivity contribution >= 4 is 0 Å². The third kappa shape index (κ3) is 2.73. The van der Waals surface area contributed by atoms with Gasteiger partial charge in [0.25, 0.3) is 0 Å². The fourth-order valence-electron chi connectivity index (χ4n) is 0.965. The van der Waals surface area contributed by atoms with E-state index in [4.69, 9.17) is 9.47 Å². The predicted molar refractivity (Wildman–Crippen MR) is 49.7 cm³/mol. The maximum atomic E-state index is 5.58. The number of hydrogen-bond donors (Lipinski definition) is 0. The molecule has 0 unspecified atom stereocenters. The molecule has 0 spiro atoms. The van der Waals surface area contributed by atoms with E-state index in [0.717, 1.165) is 0 Å². The molecule has 0 heterocycles. The van der Waals surface area contributed by atoms with Crippen molar-refractivity contribution in [3.8, 4) is 0 Å². The minimum atomic E-state index is -0.524. The van der Waals surface area contributed by atoms with Gasteiger partial charge in [0.1, 0.15) is 0 Å². The van der Waals surface area contributed by atoms with Crippen LogP contribution in [-0.2, 0) is 9.47 Å². The Labute approximate surface area is 75.9 Å². The van der Waals surface area contributed by atoms with E-state index < -0.39 is 5.91 Å². The monoisotopic (exact) mass is 176 g/mol. The number of hydrogen-bond acceptors (Lipinski definition) is 2. The minimum Gasteiger partial charge on any atom is -0.304 e. The van der Waals surface area contributed by atoms with Crippen molar-refractivity contribution in [2.45, 2.75) is 26.7 Å². The Morgan fingerprint density at radius 3 is 1.50 bits per heavy atom. The van der Waals surface area contributed by atoms with E-state index >= 15 is 0 Å². The van der Waals surface area contributed by atoms with Crippen molar-refractivity contribution in [1.29, 1.82) is 0 Å². The summed E-state index contributed by atoms with van der Waals surface area (Å²) in [6.45, 7) is 7.28. The SMILES string of the molecule is CCOC(C)(OCC)[N+](C)(C)C. The zero-order valence-electron chi connectivity index (χ0n) is 9.18. The van der Waals surface area contributed by atoms with Crippen LogP contribution in [0, 0.1) is 0 Å². The number of ether oxygens (including phenoxy) is 2. The molecule has 0 fully saturated rings. The van der Waals surface area contributed by atoms with E-state index in [-0.39, 0.29) is 0 Å². The van der Waals surface area contributed by atoms with E-state index in [1.807, 2.05) is 20.8 Å². The van der Waals surface area contributed by atoms with Crippen molar-refractivity contribution in [3.63, 3.8) is 0 Å². The topological polar surface area (TPSA) is 18.5 Å². The van der Waals surface area contributed by atoms with Gasteiger partial charge in [-0.15, -0.1) is 0 Å². The average molecular weight is 176 g/mol. The molecule has 12 heavy (non-hydrogen) atoms. The van der Waals surface area contributed by atoms with Gasteiger partial charge in [-0.25, -0.2) is 0 Å². The van der Waals surface area contributed by atoms with E-state index in [0.29, 0.717) is 17.7 Å². The predicted octanol–water partition coefficient (Wildman–Crippen LogP) is 1.44. The Hall–Kier alpha value is -0.120. The molecule has 0 saturated carbocycles. The van der Waals surface area contributed by atoms with Crippen LogP contribution in [-0.4, -0.2) is 44.8 Å². The smallest absolute Gasteiger partial charge is 0.304 e. The van der Waals surface area contributed by atoms with E-state index in [2.05, 4.69) is 21.1 Å². The van der Waals surface area contributed by atoms with Gasteiger partial charge in [0.15, 0.2) is 0 Å². The maximum Gasteiger partial charge on any atom is 0.315 e. The summed E-state index contributed by atoms with van der Waals surface area (Å²) in [4.78, 5) is 0. The molecule has 0 saturated heterocycles. The minimum absolute atomic E-state index is 0.524. The molecule has 0 bridgehead atoms. The molecular formula is C9H22NO2+. The van der Waals surface area contributed by atoms with Gasteiger partial charge in [0, 0.05) is 6.92 Å². The van der Waals surface area contributed by atoms with Gasteiger partial charge >= 0.3 is 5.91 Å².